The molecule has 1 aliphatic heterocycles. The highest BCUT2D eigenvalue weighted by Gasteiger charge is 2.21. The van der Waals surface area contributed by atoms with Crippen molar-refractivity contribution >= 4 is 5.91 Å². The second-order valence-corrected chi connectivity index (χ2v) is 8.09. The molecule has 1 fully saturated rings. The SMILES string of the molecule is CCN(CCn1cccn1)C(=O)c1ccc(OC2CCN(Cc3ccccn3)CC2)cc1. The van der Waals surface area contributed by atoms with E-state index in [-0.39, 0.29) is 12.0 Å². The monoisotopic (exact) mass is 433 g/mol. The van der Waals surface area contributed by atoms with E-state index in [1.165, 1.54) is 0 Å². The number of nitrogens with zero attached hydrogens (tertiary/aromatic N) is 5. The Morgan fingerprint density at radius 1 is 1.09 bits per heavy atom. The van der Waals surface area contributed by atoms with E-state index < -0.39 is 0 Å². The van der Waals surface area contributed by atoms with Crippen molar-refractivity contribution in [2.24, 2.45) is 0 Å². The first-order chi connectivity index (χ1) is 15.7. The molecule has 0 aliphatic carbocycles. The molecule has 1 aliphatic rings. The molecule has 0 spiro atoms. The van der Waals surface area contributed by atoms with Crippen LogP contribution in [0, 0.1) is 0 Å². The van der Waals surface area contributed by atoms with E-state index in [1.807, 2.05) is 71.4 Å². The van der Waals surface area contributed by atoms with E-state index >= 15 is 0 Å². The summed E-state index contributed by atoms with van der Waals surface area (Å²) in [5.74, 6) is 0.860. The Balaban J connectivity index is 1.25. The number of carbonyl (C=O) groups excluding carboxylic acids is 1. The molecule has 1 saturated heterocycles. The number of benzene rings is 1. The molecule has 0 atom stereocenters. The number of amides is 1. The molecule has 3 heterocycles. The molecule has 7 nitrogen and oxygen atoms in total. The van der Waals surface area contributed by atoms with Crippen LogP contribution >= 0.6 is 0 Å². The summed E-state index contributed by atoms with van der Waals surface area (Å²) in [7, 11) is 0. The van der Waals surface area contributed by atoms with Gasteiger partial charge in [-0.2, -0.15) is 5.10 Å². The summed E-state index contributed by atoms with van der Waals surface area (Å²) >= 11 is 0. The zero-order valence-electron chi connectivity index (χ0n) is 18.6. The average molecular weight is 434 g/mol. The highest BCUT2D eigenvalue weighted by Crippen LogP contribution is 2.21. The van der Waals surface area contributed by atoms with Gasteiger partial charge in [0.25, 0.3) is 5.91 Å². The molecular weight excluding hydrogens is 402 g/mol. The number of likely N-dealkylation sites (N-methyl/N-ethyl adjacent to an activating group) is 1. The number of likely N-dealkylation sites (tertiary alicyclic amines) is 1. The fourth-order valence-electron chi connectivity index (χ4n) is 4.02. The minimum atomic E-state index is 0.0361. The fraction of sp³-hybridized carbons (Fsp3) is 0.400. The van der Waals surface area contributed by atoms with Crippen LogP contribution in [0.2, 0.25) is 0 Å². The van der Waals surface area contributed by atoms with E-state index in [1.54, 1.807) is 6.20 Å². The maximum atomic E-state index is 12.9. The summed E-state index contributed by atoms with van der Waals surface area (Å²) in [6, 6.07) is 15.5. The number of carbonyl (C=O) groups is 1. The molecule has 1 aromatic carbocycles. The summed E-state index contributed by atoms with van der Waals surface area (Å²) in [5, 5.41) is 4.20. The Hall–Kier alpha value is -3.19. The molecule has 168 valence electrons. The third-order valence-electron chi connectivity index (χ3n) is 5.88. The van der Waals surface area contributed by atoms with Gasteiger partial charge in [-0.25, -0.2) is 0 Å². The summed E-state index contributed by atoms with van der Waals surface area (Å²) in [5.41, 5.74) is 1.79. The molecule has 4 rings (SSSR count). The van der Waals surface area contributed by atoms with Gasteiger partial charge in [0.1, 0.15) is 11.9 Å². The minimum absolute atomic E-state index is 0.0361. The van der Waals surface area contributed by atoms with E-state index in [0.29, 0.717) is 25.2 Å². The van der Waals surface area contributed by atoms with E-state index in [0.717, 1.165) is 43.9 Å². The van der Waals surface area contributed by atoms with Crippen molar-refractivity contribution in [1.29, 1.82) is 0 Å². The Morgan fingerprint density at radius 3 is 2.56 bits per heavy atom. The Morgan fingerprint density at radius 2 is 1.91 bits per heavy atom. The standard InChI is InChI=1S/C25H31N5O2/c1-2-29(18-19-30-15-5-14-27-30)25(31)21-7-9-23(10-8-21)32-24-11-16-28(17-12-24)20-22-6-3-4-13-26-22/h3-10,13-15,24H,2,11-12,16-20H2,1H3. The molecule has 32 heavy (non-hydrogen) atoms. The largest absolute Gasteiger partial charge is 0.490 e. The Labute approximate surface area is 189 Å². The van der Waals surface area contributed by atoms with Crippen LogP contribution in [0.15, 0.2) is 67.1 Å². The number of piperidine rings is 1. The number of aromatic nitrogens is 3. The van der Waals surface area contributed by atoms with Crippen LogP contribution < -0.4 is 4.74 Å². The van der Waals surface area contributed by atoms with Gasteiger partial charge in [-0.05, 0) is 62.2 Å². The molecular formula is C25H31N5O2. The minimum Gasteiger partial charge on any atom is -0.490 e. The van der Waals surface area contributed by atoms with Gasteiger partial charge < -0.3 is 9.64 Å². The van der Waals surface area contributed by atoms with Gasteiger partial charge in [-0.3, -0.25) is 19.4 Å². The lowest BCUT2D eigenvalue weighted by Gasteiger charge is -2.32. The van der Waals surface area contributed by atoms with Crippen LogP contribution in [-0.4, -0.2) is 62.8 Å². The van der Waals surface area contributed by atoms with Crippen molar-refractivity contribution in [1.82, 2.24) is 24.6 Å². The van der Waals surface area contributed by atoms with Gasteiger partial charge in [0.05, 0.1) is 12.2 Å². The van der Waals surface area contributed by atoms with Gasteiger partial charge in [0.15, 0.2) is 0 Å². The summed E-state index contributed by atoms with van der Waals surface area (Å²) in [6.45, 7) is 6.87. The maximum Gasteiger partial charge on any atom is 0.253 e. The summed E-state index contributed by atoms with van der Waals surface area (Å²) in [4.78, 5) is 21.5. The van der Waals surface area contributed by atoms with Crippen molar-refractivity contribution in [3.8, 4) is 5.75 Å². The molecule has 3 aromatic rings. The lowest BCUT2D eigenvalue weighted by molar-refractivity contribution is 0.0757. The van der Waals surface area contributed by atoms with E-state index in [2.05, 4.69) is 21.0 Å². The van der Waals surface area contributed by atoms with Crippen molar-refractivity contribution in [2.75, 3.05) is 26.2 Å². The molecule has 0 unspecified atom stereocenters. The molecule has 1 amide bonds. The molecule has 0 radical (unpaired) electrons. The lowest BCUT2D eigenvalue weighted by atomic mass is 10.1. The van der Waals surface area contributed by atoms with Crippen molar-refractivity contribution in [3.63, 3.8) is 0 Å². The van der Waals surface area contributed by atoms with Gasteiger partial charge in [0, 0.05) is 56.9 Å². The number of pyridine rings is 1. The number of hydrogen-bond donors (Lipinski definition) is 0. The van der Waals surface area contributed by atoms with Crippen LogP contribution in [0.5, 0.6) is 5.75 Å². The topological polar surface area (TPSA) is 63.5 Å². The normalized spacial score (nSPS) is 14.9. The third-order valence-corrected chi connectivity index (χ3v) is 5.88. The summed E-state index contributed by atoms with van der Waals surface area (Å²) in [6.07, 6.45) is 7.69. The molecule has 0 N–H and O–H groups in total. The van der Waals surface area contributed by atoms with Gasteiger partial charge >= 0.3 is 0 Å². The summed E-state index contributed by atoms with van der Waals surface area (Å²) < 4.78 is 8.03. The van der Waals surface area contributed by atoms with Crippen LogP contribution in [0.25, 0.3) is 0 Å². The van der Waals surface area contributed by atoms with E-state index in [4.69, 9.17) is 4.74 Å². The van der Waals surface area contributed by atoms with Crippen molar-refractivity contribution < 1.29 is 9.53 Å². The molecule has 2 aromatic heterocycles. The van der Waals surface area contributed by atoms with Crippen molar-refractivity contribution in [2.45, 2.75) is 39.0 Å². The third kappa shape index (κ3) is 5.95. The zero-order chi connectivity index (χ0) is 22.2. The quantitative estimate of drug-likeness (QED) is 0.517. The first-order valence-corrected chi connectivity index (χ1v) is 11.4. The van der Waals surface area contributed by atoms with Crippen LogP contribution in [0.3, 0.4) is 0 Å². The predicted octanol–water partition coefficient (Wildman–Crippen LogP) is 3.48. The Bertz CT molecular complexity index is 952. The second kappa shape index (κ2) is 10.9. The molecule has 0 saturated carbocycles. The lowest BCUT2D eigenvalue weighted by Crippen LogP contribution is -2.38. The molecule has 7 heteroatoms. The number of ether oxygens (including phenoxy) is 1. The highest BCUT2D eigenvalue weighted by molar-refractivity contribution is 5.94. The Kier molecular flexibility index (Phi) is 7.51. The maximum absolute atomic E-state index is 12.9. The van der Waals surface area contributed by atoms with Gasteiger partial charge in [-0.15, -0.1) is 0 Å². The number of hydrogen-bond acceptors (Lipinski definition) is 5. The van der Waals surface area contributed by atoms with Crippen LogP contribution in [0.1, 0.15) is 35.8 Å². The van der Waals surface area contributed by atoms with Gasteiger partial charge in [0.2, 0.25) is 0 Å². The first-order valence-electron chi connectivity index (χ1n) is 11.4. The zero-order valence-corrected chi connectivity index (χ0v) is 18.6. The van der Waals surface area contributed by atoms with E-state index in [9.17, 15) is 4.79 Å². The first kappa shape index (κ1) is 22.0. The molecule has 0 bridgehead atoms. The second-order valence-electron chi connectivity index (χ2n) is 8.09. The van der Waals surface area contributed by atoms with Crippen LogP contribution in [-0.2, 0) is 13.1 Å². The van der Waals surface area contributed by atoms with Crippen molar-refractivity contribution in [3.05, 3.63) is 78.4 Å². The number of rotatable bonds is 9. The highest BCUT2D eigenvalue weighted by atomic mass is 16.5. The average Bonchev–Trinajstić information content (AvgIpc) is 3.35. The fourth-order valence-corrected chi connectivity index (χ4v) is 4.02. The predicted molar refractivity (Wildman–Crippen MR) is 123 cm³/mol. The van der Waals surface area contributed by atoms with Gasteiger partial charge in [-0.1, -0.05) is 6.07 Å². The van der Waals surface area contributed by atoms with Crippen LogP contribution in [0.4, 0.5) is 0 Å². The smallest absolute Gasteiger partial charge is 0.253 e.